The maximum Gasteiger partial charge on any atom is 0.262 e. The molecular weight excluding hydrogens is 748 g/mol. The predicted octanol–water partition coefficient (Wildman–Crippen LogP) is 5.05. The van der Waals surface area contributed by atoms with Crippen molar-refractivity contribution in [1.82, 2.24) is 20.0 Å². The molecule has 0 aromatic heterocycles. The molecule has 4 heterocycles. The number of nitriles is 1. The molecule has 3 aromatic rings. The summed E-state index contributed by atoms with van der Waals surface area (Å²) in [7, 11) is 0. The molecule has 5 amide bonds. The van der Waals surface area contributed by atoms with Crippen molar-refractivity contribution in [2.45, 2.75) is 82.6 Å². The average Bonchev–Trinajstić information content (AvgIpc) is 3.41. The van der Waals surface area contributed by atoms with Gasteiger partial charge in [-0.05, 0) is 107 Å². The maximum absolute atomic E-state index is 13.9. The van der Waals surface area contributed by atoms with Gasteiger partial charge in [0, 0.05) is 56.0 Å². The van der Waals surface area contributed by atoms with Crippen molar-refractivity contribution in [3.8, 4) is 17.6 Å². The third-order valence-corrected chi connectivity index (χ3v) is 12.7. The number of halogens is 1. The highest BCUT2D eigenvalue weighted by atomic mass is 35.5. The number of rotatable bonds is 9. The number of benzene rings is 3. The molecule has 1 N–H and O–H groups in total. The van der Waals surface area contributed by atoms with Gasteiger partial charge in [-0.1, -0.05) is 11.6 Å². The van der Waals surface area contributed by atoms with Crippen LogP contribution in [0.4, 0.5) is 5.69 Å². The van der Waals surface area contributed by atoms with Crippen molar-refractivity contribution in [3.63, 3.8) is 0 Å². The second kappa shape index (κ2) is 14.5. The number of imide groups is 2. The van der Waals surface area contributed by atoms with Gasteiger partial charge in [-0.2, -0.15) is 5.26 Å². The van der Waals surface area contributed by atoms with E-state index in [1.165, 1.54) is 0 Å². The number of nitrogens with one attached hydrogen (secondary N) is 1. The van der Waals surface area contributed by atoms with Crippen LogP contribution in [0.3, 0.4) is 0 Å². The van der Waals surface area contributed by atoms with Crippen LogP contribution >= 0.6 is 11.6 Å². The van der Waals surface area contributed by atoms with Gasteiger partial charge in [-0.25, -0.2) is 0 Å². The van der Waals surface area contributed by atoms with E-state index >= 15 is 0 Å². The van der Waals surface area contributed by atoms with Crippen molar-refractivity contribution in [2.24, 2.45) is 5.92 Å². The van der Waals surface area contributed by atoms with Crippen LogP contribution in [-0.2, 0) is 9.59 Å². The number of hydrogen-bond donors (Lipinski definition) is 1. The Balaban J connectivity index is 0.794. The number of amides is 5. The van der Waals surface area contributed by atoms with Crippen LogP contribution in [0.25, 0.3) is 0 Å². The fourth-order valence-corrected chi connectivity index (χ4v) is 9.77. The SMILES string of the molecule is CC1(C)C(Oc2ccc(C#N)c(Cl)c2)C(C)(C)N1C(=O)c1ccc(N2CCN(C3CC(COc4ccc5c(c4)C(=O)N(C4CCC(=O)NC4=O)C5=O)C3)CC2)cc1. The first-order valence-corrected chi connectivity index (χ1v) is 19.8. The average molecular weight is 793 g/mol. The van der Waals surface area contributed by atoms with Crippen molar-refractivity contribution < 1.29 is 33.4 Å². The summed E-state index contributed by atoms with van der Waals surface area (Å²) in [5, 5.41) is 11.8. The first kappa shape index (κ1) is 38.4. The molecule has 4 aliphatic heterocycles. The first-order valence-electron chi connectivity index (χ1n) is 19.5. The molecule has 0 bridgehead atoms. The van der Waals surface area contributed by atoms with Crippen LogP contribution in [0.2, 0.25) is 5.02 Å². The van der Waals surface area contributed by atoms with Gasteiger partial charge in [-0.3, -0.25) is 39.1 Å². The van der Waals surface area contributed by atoms with Gasteiger partial charge in [0.05, 0.1) is 39.4 Å². The summed E-state index contributed by atoms with van der Waals surface area (Å²) >= 11 is 6.25. The van der Waals surface area contributed by atoms with Crippen LogP contribution in [0.5, 0.6) is 11.5 Å². The zero-order valence-corrected chi connectivity index (χ0v) is 33.2. The number of hydrogen-bond acceptors (Lipinski definition) is 10. The molecule has 57 heavy (non-hydrogen) atoms. The van der Waals surface area contributed by atoms with E-state index in [-0.39, 0.29) is 36.0 Å². The highest BCUT2D eigenvalue weighted by Crippen LogP contribution is 2.48. The van der Waals surface area contributed by atoms with Crippen LogP contribution in [-0.4, -0.2) is 106 Å². The summed E-state index contributed by atoms with van der Waals surface area (Å²) in [5.74, 6) is -0.735. The molecule has 3 saturated heterocycles. The molecule has 14 heteroatoms. The number of carbonyl (C=O) groups is 5. The molecule has 1 atom stereocenters. The van der Waals surface area contributed by atoms with Crippen molar-refractivity contribution in [1.29, 1.82) is 5.26 Å². The minimum Gasteiger partial charge on any atom is -0.493 e. The Morgan fingerprint density at radius 2 is 1.54 bits per heavy atom. The molecule has 0 spiro atoms. The number of anilines is 1. The Hall–Kier alpha value is -5.45. The number of likely N-dealkylation sites (tertiary alicyclic amines) is 1. The molecule has 13 nitrogen and oxygen atoms in total. The molecule has 5 aliphatic rings. The number of ether oxygens (including phenoxy) is 2. The minimum atomic E-state index is -0.999. The molecule has 1 aliphatic carbocycles. The zero-order valence-electron chi connectivity index (χ0n) is 32.4. The quantitative estimate of drug-likeness (QED) is 0.292. The van der Waals surface area contributed by atoms with Gasteiger partial charge in [0.2, 0.25) is 11.8 Å². The highest BCUT2D eigenvalue weighted by molar-refractivity contribution is 6.31. The normalized spacial score (nSPS) is 24.3. The number of carbonyl (C=O) groups excluding carboxylic acids is 5. The van der Waals surface area contributed by atoms with E-state index in [9.17, 15) is 29.2 Å². The molecule has 1 saturated carbocycles. The van der Waals surface area contributed by atoms with E-state index in [2.05, 4.69) is 21.2 Å². The van der Waals surface area contributed by atoms with E-state index in [1.54, 1.807) is 36.4 Å². The van der Waals surface area contributed by atoms with Gasteiger partial charge in [-0.15, -0.1) is 0 Å². The molecule has 296 valence electrons. The number of piperidine rings is 1. The molecule has 8 rings (SSSR count). The van der Waals surface area contributed by atoms with Crippen molar-refractivity contribution in [3.05, 3.63) is 87.9 Å². The molecule has 0 radical (unpaired) electrons. The van der Waals surface area contributed by atoms with Crippen molar-refractivity contribution >= 4 is 46.8 Å². The van der Waals surface area contributed by atoms with E-state index < -0.39 is 40.7 Å². The largest absolute Gasteiger partial charge is 0.493 e. The van der Waals surface area contributed by atoms with Crippen LogP contribution in [0.1, 0.15) is 90.0 Å². The van der Waals surface area contributed by atoms with Gasteiger partial charge >= 0.3 is 0 Å². The van der Waals surface area contributed by atoms with E-state index in [0.717, 1.165) is 49.6 Å². The van der Waals surface area contributed by atoms with Crippen LogP contribution < -0.4 is 19.7 Å². The van der Waals surface area contributed by atoms with Gasteiger partial charge in [0.25, 0.3) is 17.7 Å². The number of nitrogens with zero attached hydrogens (tertiary/aromatic N) is 5. The Morgan fingerprint density at radius 1 is 0.877 bits per heavy atom. The molecular formula is C43H45ClN6O7. The second-order valence-electron chi connectivity index (χ2n) is 16.7. The molecule has 1 unspecified atom stereocenters. The Kier molecular flexibility index (Phi) is 9.77. The highest BCUT2D eigenvalue weighted by Gasteiger charge is 2.64. The fourth-order valence-electron chi connectivity index (χ4n) is 9.56. The summed E-state index contributed by atoms with van der Waals surface area (Å²) < 4.78 is 12.4. The van der Waals surface area contributed by atoms with E-state index in [0.29, 0.717) is 46.2 Å². The lowest BCUT2D eigenvalue weighted by Gasteiger charge is -2.65. The lowest BCUT2D eigenvalue weighted by atomic mass is 9.69. The van der Waals surface area contributed by atoms with E-state index in [4.69, 9.17) is 21.1 Å². The summed E-state index contributed by atoms with van der Waals surface area (Å²) in [6, 6.07) is 19.3. The summed E-state index contributed by atoms with van der Waals surface area (Å²) in [4.78, 5) is 71.7. The second-order valence-corrected chi connectivity index (χ2v) is 17.1. The Bertz CT molecular complexity index is 2190. The Labute approximate surface area is 336 Å². The molecule has 4 fully saturated rings. The smallest absolute Gasteiger partial charge is 0.262 e. The lowest BCUT2D eigenvalue weighted by Crippen LogP contribution is -2.82. The number of fused-ring (bicyclic) bond motifs is 1. The third kappa shape index (κ3) is 6.78. The topological polar surface area (TPSA) is 153 Å². The number of piperazine rings is 1. The fraction of sp³-hybridized carbons (Fsp3) is 0.442. The van der Waals surface area contributed by atoms with Gasteiger partial charge < -0.3 is 19.3 Å². The third-order valence-electron chi connectivity index (χ3n) is 12.4. The monoisotopic (exact) mass is 792 g/mol. The van der Waals surface area contributed by atoms with Crippen LogP contribution in [0.15, 0.2) is 60.7 Å². The lowest BCUT2D eigenvalue weighted by molar-refractivity contribution is -0.174. The summed E-state index contributed by atoms with van der Waals surface area (Å²) in [6.45, 7) is 12.1. The molecule has 3 aromatic carbocycles. The van der Waals surface area contributed by atoms with Crippen LogP contribution in [0, 0.1) is 17.2 Å². The Morgan fingerprint density at radius 3 is 2.19 bits per heavy atom. The maximum atomic E-state index is 13.9. The van der Waals surface area contributed by atoms with E-state index in [1.807, 2.05) is 56.9 Å². The predicted molar refractivity (Wildman–Crippen MR) is 210 cm³/mol. The van der Waals surface area contributed by atoms with Crippen molar-refractivity contribution in [2.75, 3.05) is 37.7 Å². The van der Waals surface area contributed by atoms with Gasteiger partial charge in [0.1, 0.15) is 29.7 Å². The minimum absolute atomic E-state index is 0.0567. The summed E-state index contributed by atoms with van der Waals surface area (Å²) in [6.07, 6.45) is 1.92. The zero-order chi connectivity index (χ0) is 40.4. The first-order chi connectivity index (χ1) is 27.2. The standard InChI is InChI=1S/C43H45ClN6O7/c1-42(2)41(57-31-10-7-27(23-45)34(44)22-31)43(3,4)50(42)38(53)26-5-8-28(9-6-26)47-15-17-48(18-16-47)29-19-25(20-29)24-56-30-11-12-32-33(21-30)40(55)49(39(32)54)35-13-14-36(51)46-37(35)52/h5-12,21-22,25,29,35,41H,13-20,24H2,1-4H3,(H,46,51,52). The van der Waals surface area contributed by atoms with Gasteiger partial charge in [0.15, 0.2) is 0 Å². The summed E-state index contributed by atoms with van der Waals surface area (Å²) in [5.41, 5.74) is 1.36.